The van der Waals surface area contributed by atoms with Crippen LogP contribution in [0.4, 0.5) is 5.69 Å². The standard InChI is InChI=1S/C15H20N4OS/c1-5-12-6-8-13(9-7-12)16-14(20)10(2)21-15-18-17-11(3)19(15)4/h6-10H,5H2,1-4H3,(H,16,20)/t10-/m1/s1. The van der Waals surface area contributed by atoms with E-state index in [9.17, 15) is 4.79 Å². The summed E-state index contributed by atoms with van der Waals surface area (Å²) in [5.41, 5.74) is 2.07. The van der Waals surface area contributed by atoms with E-state index in [2.05, 4.69) is 22.4 Å². The number of hydrogen-bond donors (Lipinski definition) is 1. The molecule has 0 saturated carbocycles. The van der Waals surface area contributed by atoms with E-state index in [1.807, 2.05) is 49.7 Å². The summed E-state index contributed by atoms with van der Waals surface area (Å²) in [6, 6.07) is 7.92. The molecule has 2 aromatic rings. The third kappa shape index (κ3) is 3.85. The number of nitrogens with zero attached hydrogens (tertiary/aromatic N) is 3. The van der Waals surface area contributed by atoms with Gasteiger partial charge in [-0.1, -0.05) is 30.8 Å². The Morgan fingerprint density at radius 2 is 2.00 bits per heavy atom. The highest BCUT2D eigenvalue weighted by molar-refractivity contribution is 8.00. The van der Waals surface area contributed by atoms with E-state index < -0.39 is 0 Å². The molecule has 0 unspecified atom stereocenters. The molecule has 6 heteroatoms. The topological polar surface area (TPSA) is 59.8 Å². The van der Waals surface area contributed by atoms with Crippen molar-refractivity contribution in [3.8, 4) is 0 Å². The van der Waals surface area contributed by atoms with Crippen molar-refractivity contribution >= 4 is 23.4 Å². The first-order chi connectivity index (χ1) is 10.0. The quantitative estimate of drug-likeness (QED) is 0.863. The summed E-state index contributed by atoms with van der Waals surface area (Å²) in [5, 5.41) is 11.5. The second kappa shape index (κ2) is 6.76. The molecule has 1 amide bonds. The van der Waals surface area contributed by atoms with E-state index >= 15 is 0 Å². The van der Waals surface area contributed by atoms with Gasteiger partial charge in [0.05, 0.1) is 5.25 Å². The van der Waals surface area contributed by atoms with Crippen LogP contribution in [0.25, 0.3) is 0 Å². The highest BCUT2D eigenvalue weighted by Gasteiger charge is 2.18. The third-order valence-electron chi connectivity index (χ3n) is 3.33. The van der Waals surface area contributed by atoms with Crippen molar-refractivity contribution in [2.75, 3.05) is 5.32 Å². The maximum atomic E-state index is 12.2. The molecule has 1 aromatic carbocycles. The van der Waals surface area contributed by atoms with Crippen molar-refractivity contribution in [2.24, 2.45) is 7.05 Å². The van der Waals surface area contributed by atoms with Crippen molar-refractivity contribution in [1.82, 2.24) is 14.8 Å². The molecular formula is C15H20N4OS. The largest absolute Gasteiger partial charge is 0.325 e. The highest BCUT2D eigenvalue weighted by atomic mass is 32.2. The lowest BCUT2D eigenvalue weighted by Gasteiger charge is -2.11. The molecule has 5 nitrogen and oxygen atoms in total. The minimum atomic E-state index is -0.238. The van der Waals surface area contributed by atoms with Gasteiger partial charge in [0.25, 0.3) is 0 Å². The number of anilines is 1. The number of hydrogen-bond acceptors (Lipinski definition) is 4. The van der Waals surface area contributed by atoms with E-state index in [4.69, 9.17) is 0 Å². The van der Waals surface area contributed by atoms with Gasteiger partial charge < -0.3 is 9.88 Å². The van der Waals surface area contributed by atoms with Gasteiger partial charge in [-0.2, -0.15) is 0 Å². The molecule has 1 N–H and O–H groups in total. The number of benzene rings is 1. The molecule has 0 saturated heterocycles. The average Bonchev–Trinajstić information content (AvgIpc) is 2.80. The lowest BCUT2D eigenvalue weighted by Crippen LogP contribution is -2.22. The lowest BCUT2D eigenvalue weighted by atomic mass is 10.1. The minimum Gasteiger partial charge on any atom is -0.325 e. The first-order valence-corrected chi connectivity index (χ1v) is 7.81. The number of amides is 1. The number of carbonyl (C=O) groups is 1. The molecule has 0 aliphatic heterocycles. The van der Waals surface area contributed by atoms with Gasteiger partial charge in [-0.25, -0.2) is 0 Å². The molecule has 0 spiro atoms. The van der Waals surface area contributed by atoms with Crippen LogP contribution in [0.2, 0.25) is 0 Å². The van der Waals surface area contributed by atoms with Crippen molar-refractivity contribution in [1.29, 1.82) is 0 Å². The molecule has 21 heavy (non-hydrogen) atoms. The van der Waals surface area contributed by atoms with E-state index in [1.165, 1.54) is 17.3 Å². The van der Waals surface area contributed by atoms with Crippen LogP contribution >= 0.6 is 11.8 Å². The molecule has 0 radical (unpaired) electrons. The van der Waals surface area contributed by atoms with E-state index in [0.717, 1.165) is 23.1 Å². The van der Waals surface area contributed by atoms with Gasteiger partial charge in [-0.15, -0.1) is 10.2 Å². The Hall–Kier alpha value is -1.82. The zero-order chi connectivity index (χ0) is 15.4. The summed E-state index contributed by atoms with van der Waals surface area (Å²) >= 11 is 1.40. The fourth-order valence-electron chi connectivity index (χ4n) is 1.77. The van der Waals surface area contributed by atoms with Gasteiger partial charge in [0, 0.05) is 12.7 Å². The highest BCUT2D eigenvalue weighted by Crippen LogP contribution is 2.22. The predicted molar refractivity (Wildman–Crippen MR) is 85.5 cm³/mol. The summed E-state index contributed by atoms with van der Waals surface area (Å²) in [4.78, 5) is 12.2. The third-order valence-corrected chi connectivity index (χ3v) is 4.47. The SMILES string of the molecule is CCc1ccc(NC(=O)[C@@H](C)Sc2nnc(C)n2C)cc1. The summed E-state index contributed by atoms with van der Waals surface area (Å²) in [6.45, 7) is 5.86. The second-order valence-corrected chi connectivity index (χ2v) is 6.20. The first-order valence-electron chi connectivity index (χ1n) is 6.93. The summed E-state index contributed by atoms with van der Waals surface area (Å²) in [5.74, 6) is 0.796. The molecule has 0 bridgehead atoms. The fraction of sp³-hybridized carbons (Fsp3) is 0.400. The maximum absolute atomic E-state index is 12.2. The van der Waals surface area contributed by atoms with Crippen LogP contribution < -0.4 is 5.32 Å². The Morgan fingerprint density at radius 1 is 1.33 bits per heavy atom. The summed E-state index contributed by atoms with van der Waals surface area (Å²) in [7, 11) is 1.89. The monoisotopic (exact) mass is 304 g/mol. The smallest absolute Gasteiger partial charge is 0.237 e. The Labute approximate surface area is 129 Å². The molecule has 1 heterocycles. The Morgan fingerprint density at radius 3 is 2.52 bits per heavy atom. The Balaban J connectivity index is 1.97. The van der Waals surface area contributed by atoms with Crippen LogP contribution in [0, 0.1) is 6.92 Å². The Bertz CT molecular complexity index is 621. The van der Waals surface area contributed by atoms with Gasteiger partial charge in [-0.05, 0) is 38.0 Å². The number of rotatable bonds is 5. The molecule has 1 aromatic heterocycles. The molecule has 0 aliphatic carbocycles. The molecule has 0 fully saturated rings. The molecule has 0 aliphatic rings. The van der Waals surface area contributed by atoms with Gasteiger partial charge >= 0.3 is 0 Å². The summed E-state index contributed by atoms with van der Waals surface area (Å²) < 4.78 is 1.88. The van der Waals surface area contributed by atoms with E-state index in [0.29, 0.717) is 0 Å². The van der Waals surface area contributed by atoms with Crippen molar-refractivity contribution < 1.29 is 4.79 Å². The van der Waals surface area contributed by atoms with Crippen LogP contribution in [0.1, 0.15) is 25.2 Å². The van der Waals surface area contributed by atoms with Crippen molar-refractivity contribution in [2.45, 2.75) is 37.6 Å². The fourth-order valence-corrected chi connectivity index (χ4v) is 2.63. The van der Waals surface area contributed by atoms with Crippen LogP contribution in [-0.4, -0.2) is 25.9 Å². The zero-order valence-electron chi connectivity index (χ0n) is 12.8. The maximum Gasteiger partial charge on any atom is 0.237 e. The number of nitrogens with one attached hydrogen (secondary N) is 1. The Kier molecular flexibility index (Phi) is 5.01. The zero-order valence-corrected chi connectivity index (χ0v) is 13.6. The number of thioether (sulfide) groups is 1. The van der Waals surface area contributed by atoms with Gasteiger partial charge in [-0.3, -0.25) is 4.79 Å². The van der Waals surface area contributed by atoms with Gasteiger partial charge in [0.1, 0.15) is 5.82 Å². The van der Waals surface area contributed by atoms with E-state index in [1.54, 1.807) is 0 Å². The van der Waals surface area contributed by atoms with Crippen LogP contribution in [0.3, 0.4) is 0 Å². The van der Waals surface area contributed by atoms with Crippen LogP contribution in [-0.2, 0) is 18.3 Å². The molecule has 112 valence electrons. The van der Waals surface area contributed by atoms with Crippen LogP contribution in [0.15, 0.2) is 29.4 Å². The molecule has 2 rings (SSSR count). The lowest BCUT2D eigenvalue weighted by molar-refractivity contribution is -0.115. The van der Waals surface area contributed by atoms with Crippen LogP contribution in [0.5, 0.6) is 0 Å². The predicted octanol–water partition coefficient (Wildman–Crippen LogP) is 2.81. The van der Waals surface area contributed by atoms with Crippen molar-refractivity contribution in [3.63, 3.8) is 0 Å². The van der Waals surface area contributed by atoms with E-state index in [-0.39, 0.29) is 11.2 Å². The van der Waals surface area contributed by atoms with Crippen molar-refractivity contribution in [3.05, 3.63) is 35.7 Å². The van der Waals surface area contributed by atoms with Gasteiger partial charge in [0.15, 0.2) is 5.16 Å². The number of carbonyl (C=O) groups excluding carboxylic acids is 1. The first kappa shape index (κ1) is 15.6. The molecular weight excluding hydrogens is 284 g/mol. The molecule has 1 atom stereocenters. The normalized spacial score (nSPS) is 12.2. The summed E-state index contributed by atoms with van der Waals surface area (Å²) in [6.07, 6.45) is 0.992. The minimum absolute atomic E-state index is 0.0371. The van der Waals surface area contributed by atoms with Gasteiger partial charge in [0.2, 0.25) is 5.91 Å². The number of aryl methyl sites for hydroxylation is 2. The second-order valence-electron chi connectivity index (χ2n) is 4.89. The number of aromatic nitrogens is 3. The average molecular weight is 304 g/mol.